The third-order valence-electron chi connectivity index (χ3n) is 3.00. The number of piperidine rings is 1. The van der Waals surface area contributed by atoms with Crippen molar-refractivity contribution in [1.82, 2.24) is 9.88 Å². The van der Waals surface area contributed by atoms with Gasteiger partial charge >= 0.3 is 0 Å². The number of hydrogen-bond donors (Lipinski definition) is 0. The van der Waals surface area contributed by atoms with E-state index in [1.54, 1.807) is 12.4 Å². The fourth-order valence-electron chi connectivity index (χ4n) is 1.91. The highest BCUT2D eigenvalue weighted by Crippen LogP contribution is 2.20. The number of ether oxygens (including phenoxy) is 1. The Morgan fingerprint density at radius 3 is 2.88 bits per heavy atom. The third kappa shape index (κ3) is 3.46. The van der Waals surface area contributed by atoms with Crippen molar-refractivity contribution >= 4 is 15.9 Å². The number of pyridine rings is 1. The summed E-state index contributed by atoms with van der Waals surface area (Å²) in [5, 5.41) is 0. The summed E-state index contributed by atoms with van der Waals surface area (Å²) in [5.74, 6) is 1.54. The monoisotopic (exact) mass is 284 g/mol. The molecule has 0 N–H and O–H groups in total. The second kappa shape index (κ2) is 5.64. The summed E-state index contributed by atoms with van der Waals surface area (Å²) < 4.78 is 6.72. The number of rotatable bonds is 3. The normalized spacial score (nSPS) is 18.6. The van der Waals surface area contributed by atoms with Gasteiger partial charge in [-0.15, -0.1) is 0 Å². The first-order valence-electron chi connectivity index (χ1n) is 5.66. The summed E-state index contributed by atoms with van der Waals surface area (Å²) in [6.45, 7) is 3.18. The van der Waals surface area contributed by atoms with Crippen LogP contribution in [0.4, 0.5) is 0 Å². The van der Waals surface area contributed by atoms with Gasteiger partial charge in [-0.05, 0) is 60.9 Å². The second-order valence-electron chi connectivity index (χ2n) is 4.40. The van der Waals surface area contributed by atoms with Gasteiger partial charge in [0.1, 0.15) is 5.75 Å². The Hall–Kier alpha value is -0.610. The summed E-state index contributed by atoms with van der Waals surface area (Å²) in [6, 6.07) is 1.96. The van der Waals surface area contributed by atoms with Crippen molar-refractivity contribution in [2.75, 3.05) is 26.7 Å². The summed E-state index contributed by atoms with van der Waals surface area (Å²) in [6.07, 6.45) is 6.00. The van der Waals surface area contributed by atoms with Crippen molar-refractivity contribution in [2.45, 2.75) is 12.8 Å². The lowest BCUT2D eigenvalue weighted by atomic mass is 9.98. The summed E-state index contributed by atoms with van der Waals surface area (Å²) >= 11 is 3.39. The first-order valence-corrected chi connectivity index (χ1v) is 6.45. The van der Waals surface area contributed by atoms with Gasteiger partial charge in [-0.25, -0.2) is 0 Å². The van der Waals surface area contributed by atoms with Gasteiger partial charge in [0.15, 0.2) is 0 Å². The molecule has 0 atom stereocenters. The smallest absolute Gasteiger partial charge is 0.138 e. The maximum absolute atomic E-state index is 5.75. The minimum Gasteiger partial charge on any atom is -0.492 e. The van der Waals surface area contributed by atoms with Crippen LogP contribution in [0.3, 0.4) is 0 Å². The second-order valence-corrected chi connectivity index (χ2v) is 5.31. The molecule has 2 rings (SSSR count). The lowest BCUT2D eigenvalue weighted by Gasteiger charge is -2.28. The molecule has 1 aliphatic heterocycles. The van der Waals surface area contributed by atoms with Crippen molar-refractivity contribution in [2.24, 2.45) is 5.92 Å². The minimum absolute atomic E-state index is 0.690. The summed E-state index contributed by atoms with van der Waals surface area (Å²) in [4.78, 5) is 6.45. The topological polar surface area (TPSA) is 25.4 Å². The molecule has 0 bridgehead atoms. The molecule has 0 radical (unpaired) electrons. The van der Waals surface area contributed by atoms with E-state index in [2.05, 4.69) is 32.9 Å². The predicted octanol–water partition coefficient (Wildman–Crippen LogP) is 2.56. The Labute approximate surface area is 105 Å². The van der Waals surface area contributed by atoms with E-state index >= 15 is 0 Å². The maximum Gasteiger partial charge on any atom is 0.138 e. The number of likely N-dealkylation sites (tertiary alicyclic amines) is 1. The fraction of sp³-hybridized carbons (Fsp3) is 0.583. The first kappa shape index (κ1) is 11.9. The number of halogens is 1. The summed E-state index contributed by atoms with van der Waals surface area (Å²) in [5.41, 5.74) is 0. The number of aromatic nitrogens is 1. The average molecular weight is 285 g/mol. The molecule has 1 fully saturated rings. The lowest BCUT2D eigenvalue weighted by Crippen LogP contribution is -2.32. The maximum atomic E-state index is 5.75. The van der Waals surface area contributed by atoms with Crippen LogP contribution in [0.15, 0.2) is 22.9 Å². The van der Waals surface area contributed by atoms with Gasteiger partial charge in [0.2, 0.25) is 0 Å². The van der Waals surface area contributed by atoms with Crippen molar-refractivity contribution < 1.29 is 4.74 Å². The van der Waals surface area contributed by atoms with Gasteiger partial charge in [0.25, 0.3) is 0 Å². The van der Waals surface area contributed by atoms with E-state index in [1.165, 1.54) is 25.9 Å². The highest BCUT2D eigenvalue weighted by molar-refractivity contribution is 9.10. The largest absolute Gasteiger partial charge is 0.492 e. The van der Waals surface area contributed by atoms with Gasteiger partial charge in [0.05, 0.1) is 12.8 Å². The van der Waals surface area contributed by atoms with E-state index in [4.69, 9.17) is 4.74 Å². The van der Waals surface area contributed by atoms with E-state index in [-0.39, 0.29) is 0 Å². The Kier molecular flexibility index (Phi) is 4.18. The molecular formula is C12H17BrN2O. The van der Waals surface area contributed by atoms with Gasteiger partial charge in [-0.2, -0.15) is 0 Å². The van der Waals surface area contributed by atoms with Gasteiger partial charge in [-0.3, -0.25) is 4.98 Å². The van der Waals surface area contributed by atoms with Crippen molar-refractivity contribution in [3.8, 4) is 5.75 Å². The van der Waals surface area contributed by atoms with Crippen LogP contribution in [-0.2, 0) is 0 Å². The van der Waals surface area contributed by atoms with E-state index in [9.17, 15) is 0 Å². The quantitative estimate of drug-likeness (QED) is 0.853. The molecule has 1 aromatic heterocycles. The zero-order chi connectivity index (χ0) is 11.4. The molecule has 0 saturated carbocycles. The van der Waals surface area contributed by atoms with Crippen molar-refractivity contribution in [3.63, 3.8) is 0 Å². The highest BCUT2D eigenvalue weighted by atomic mass is 79.9. The lowest BCUT2D eigenvalue weighted by molar-refractivity contribution is 0.160. The Morgan fingerprint density at radius 1 is 1.44 bits per heavy atom. The van der Waals surface area contributed by atoms with E-state index in [0.29, 0.717) is 5.92 Å². The van der Waals surface area contributed by atoms with Crippen LogP contribution in [0, 0.1) is 5.92 Å². The van der Waals surface area contributed by atoms with Crippen LogP contribution in [0.25, 0.3) is 0 Å². The zero-order valence-corrected chi connectivity index (χ0v) is 11.1. The van der Waals surface area contributed by atoms with Crippen LogP contribution in [-0.4, -0.2) is 36.6 Å². The third-order valence-corrected chi connectivity index (χ3v) is 3.44. The van der Waals surface area contributed by atoms with Crippen LogP contribution in [0.2, 0.25) is 0 Å². The molecule has 0 aliphatic carbocycles. The zero-order valence-electron chi connectivity index (χ0n) is 9.53. The molecule has 1 aromatic rings. The van der Waals surface area contributed by atoms with Crippen LogP contribution < -0.4 is 4.74 Å². The molecular weight excluding hydrogens is 268 g/mol. The van der Waals surface area contributed by atoms with E-state index in [0.717, 1.165) is 16.8 Å². The van der Waals surface area contributed by atoms with Crippen LogP contribution >= 0.6 is 15.9 Å². The summed E-state index contributed by atoms with van der Waals surface area (Å²) in [7, 11) is 2.18. The molecule has 2 heterocycles. The standard InChI is InChI=1S/C12H17BrN2O/c1-15-4-2-10(3-5-15)9-16-12-6-11(13)7-14-8-12/h6-8,10H,2-5,9H2,1H3. The van der Waals surface area contributed by atoms with Crippen LogP contribution in [0.5, 0.6) is 5.75 Å². The Balaban J connectivity index is 1.79. The molecule has 1 saturated heterocycles. The minimum atomic E-state index is 0.690. The van der Waals surface area contributed by atoms with Gasteiger partial charge < -0.3 is 9.64 Å². The predicted molar refractivity (Wildman–Crippen MR) is 67.7 cm³/mol. The van der Waals surface area contributed by atoms with E-state index < -0.39 is 0 Å². The van der Waals surface area contributed by atoms with E-state index in [1.807, 2.05) is 6.07 Å². The molecule has 88 valence electrons. The first-order chi connectivity index (χ1) is 7.74. The molecule has 0 spiro atoms. The van der Waals surface area contributed by atoms with Gasteiger partial charge in [0, 0.05) is 10.7 Å². The SMILES string of the molecule is CN1CCC(COc2cncc(Br)c2)CC1. The average Bonchev–Trinajstić information content (AvgIpc) is 2.28. The Bertz CT molecular complexity index is 338. The molecule has 3 nitrogen and oxygen atoms in total. The molecule has 0 unspecified atom stereocenters. The molecule has 0 aromatic carbocycles. The Morgan fingerprint density at radius 2 is 2.19 bits per heavy atom. The molecule has 0 amide bonds. The molecule has 4 heteroatoms. The van der Waals surface area contributed by atoms with Crippen LogP contribution in [0.1, 0.15) is 12.8 Å². The number of nitrogens with zero attached hydrogens (tertiary/aromatic N) is 2. The molecule has 16 heavy (non-hydrogen) atoms. The highest BCUT2D eigenvalue weighted by Gasteiger charge is 2.17. The van der Waals surface area contributed by atoms with Crippen molar-refractivity contribution in [1.29, 1.82) is 0 Å². The number of hydrogen-bond acceptors (Lipinski definition) is 3. The van der Waals surface area contributed by atoms with Gasteiger partial charge in [-0.1, -0.05) is 0 Å². The molecule has 1 aliphatic rings. The fourth-order valence-corrected chi connectivity index (χ4v) is 2.26. The van der Waals surface area contributed by atoms with Crippen molar-refractivity contribution in [3.05, 3.63) is 22.9 Å².